The molecule has 94 valence electrons. The number of nitrogens with zero attached hydrogens (tertiary/aromatic N) is 2. The molecule has 2 rings (SSSR count). The van der Waals surface area contributed by atoms with Gasteiger partial charge in [-0.2, -0.15) is 0 Å². The van der Waals surface area contributed by atoms with Crippen molar-refractivity contribution in [3.05, 3.63) is 27.7 Å². The number of nitrogens with two attached hydrogens (primary N) is 1. The molecule has 17 heavy (non-hydrogen) atoms. The number of fused-ring (bicyclic) bond motifs is 1. The fourth-order valence-electron chi connectivity index (χ4n) is 2.44. The van der Waals surface area contributed by atoms with E-state index in [-0.39, 0.29) is 5.56 Å². The first-order chi connectivity index (χ1) is 8.13. The summed E-state index contributed by atoms with van der Waals surface area (Å²) < 4.78 is 1.89. The van der Waals surface area contributed by atoms with Crippen LogP contribution in [-0.2, 0) is 19.5 Å². The molecule has 2 heterocycles. The normalized spacial score (nSPS) is 15.9. The maximum absolute atomic E-state index is 12.1. The van der Waals surface area contributed by atoms with Crippen LogP contribution in [0.4, 0.5) is 5.69 Å². The van der Waals surface area contributed by atoms with Gasteiger partial charge in [-0.25, -0.2) is 0 Å². The van der Waals surface area contributed by atoms with Crippen molar-refractivity contribution in [3.63, 3.8) is 0 Å². The number of likely N-dealkylation sites (N-methyl/N-ethyl adjacent to an activating group) is 1. The molecule has 4 nitrogen and oxygen atoms in total. The number of anilines is 1. The highest BCUT2D eigenvalue weighted by Gasteiger charge is 2.18. The lowest BCUT2D eigenvalue weighted by Crippen LogP contribution is -2.34. The minimum atomic E-state index is -0.0123. The zero-order valence-corrected chi connectivity index (χ0v) is 10.7. The van der Waals surface area contributed by atoms with Crippen LogP contribution in [0.15, 0.2) is 10.9 Å². The van der Waals surface area contributed by atoms with Crippen molar-refractivity contribution < 1.29 is 0 Å². The Hall–Kier alpha value is -1.29. The Labute approximate surface area is 102 Å². The first-order valence-electron chi connectivity index (χ1n) is 6.33. The molecule has 0 saturated carbocycles. The standard InChI is InChI=1S/C13H21N3O/c1-3-4-6-16-12-5-7-15(2)9-10(12)8-11(14)13(16)17/h8H,3-7,9,14H2,1-2H3. The van der Waals surface area contributed by atoms with Crippen LogP contribution in [0.25, 0.3) is 0 Å². The van der Waals surface area contributed by atoms with Crippen molar-refractivity contribution in [1.29, 1.82) is 0 Å². The lowest BCUT2D eigenvalue weighted by atomic mass is 10.0. The second-order valence-electron chi connectivity index (χ2n) is 4.87. The molecule has 0 fully saturated rings. The van der Waals surface area contributed by atoms with Gasteiger partial charge in [-0.3, -0.25) is 4.79 Å². The third kappa shape index (κ3) is 2.36. The lowest BCUT2D eigenvalue weighted by molar-refractivity contribution is 0.304. The molecule has 0 unspecified atom stereocenters. The van der Waals surface area contributed by atoms with Crippen LogP contribution in [0.1, 0.15) is 31.0 Å². The number of rotatable bonds is 3. The molecule has 0 atom stereocenters. The van der Waals surface area contributed by atoms with Crippen LogP contribution in [0.3, 0.4) is 0 Å². The summed E-state index contributed by atoms with van der Waals surface area (Å²) in [4.78, 5) is 14.3. The van der Waals surface area contributed by atoms with E-state index in [1.165, 1.54) is 11.3 Å². The molecule has 0 amide bonds. The van der Waals surface area contributed by atoms with Gasteiger partial charge >= 0.3 is 0 Å². The predicted octanol–water partition coefficient (Wildman–Crippen LogP) is 1.22. The predicted molar refractivity (Wildman–Crippen MR) is 70.1 cm³/mol. The van der Waals surface area contributed by atoms with E-state index in [4.69, 9.17) is 5.73 Å². The minimum Gasteiger partial charge on any atom is -0.394 e. The molecule has 0 aromatic carbocycles. The van der Waals surface area contributed by atoms with Crippen molar-refractivity contribution in [1.82, 2.24) is 9.47 Å². The molecule has 2 N–H and O–H groups in total. The van der Waals surface area contributed by atoms with Gasteiger partial charge in [0, 0.05) is 31.7 Å². The Morgan fingerprint density at radius 3 is 2.94 bits per heavy atom. The minimum absolute atomic E-state index is 0.0123. The average molecular weight is 235 g/mol. The Morgan fingerprint density at radius 1 is 1.47 bits per heavy atom. The molecule has 0 bridgehead atoms. The number of hydrogen-bond acceptors (Lipinski definition) is 3. The van der Waals surface area contributed by atoms with Crippen molar-refractivity contribution in [2.24, 2.45) is 0 Å². The Bertz CT molecular complexity index is 464. The maximum Gasteiger partial charge on any atom is 0.273 e. The van der Waals surface area contributed by atoms with Crippen LogP contribution in [0.5, 0.6) is 0 Å². The first kappa shape index (κ1) is 12.2. The summed E-state index contributed by atoms with van der Waals surface area (Å²) in [5, 5.41) is 0. The molecule has 1 aliphatic heterocycles. The monoisotopic (exact) mass is 235 g/mol. The Morgan fingerprint density at radius 2 is 2.24 bits per heavy atom. The SMILES string of the molecule is CCCCn1c2c(cc(N)c1=O)CN(C)CC2. The van der Waals surface area contributed by atoms with E-state index < -0.39 is 0 Å². The quantitative estimate of drug-likeness (QED) is 0.857. The van der Waals surface area contributed by atoms with Crippen molar-refractivity contribution in [2.75, 3.05) is 19.3 Å². The van der Waals surface area contributed by atoms with E-state index in [1.54, 1.807) is 0 Å². The van der Waals surface area contributed by atoms with Crippen molar-refractivity contribution in [2.45, 2.75) is 39.3 Å². The van der Waals surface area contributed by atoms with Gasteiger partial charge < -0.3 is 15.2 Å². The average Bonchev–Trinajstić information content (AvgIpc) is 2.30. The molecule has 0 saturated heterocycles. The maximum atomic E-state index is 12.1. The second kappa shape index (κ2) is 4.92. The van der Waals surface area contributed by atoms with Gasteiger partial charge in [0.15, 0.2) is 0 Å². The Balaban J connectivity index is 2.45. The van der Waals surface area contributed by atoms with Crippen LogP contribution < -0.4 is 11.3 Å². The molecule has 0 aliphatic carbocycles. The van der Waals surface area contributed by atoms with E-state index in [1.807, 2.05) is 10.6 Å². The van der Waals surface area contributed by atoms with Gasteiger partial charge in [0.25, 0.3) is 5.56 Å². The fourth-order valence-corrected chi connectivity index (χ4v) is 2.44. The summed E-state index contributed by atoms with van der Waals surface area (Å²) in [5.41, 5.74) is 8.59. The highest BCUT2D eigenvalue weighted by molar-refractivity contribution is 5.42. The highest BCUT2D eigenvalue weighted by atomic mass is 16.1. The molecular formula is C13H21N3O. The summed E-state index contributed by atoms with van der Waals surface area (Å²) in [6.07, 6.45) is 3.08. The van der Waals surface area contributed by atoms with Crippen LogP contribution in [-0.4, -0.2) is 23.1 Å². The van der Waals surface area contributed by atoms with Gasteiger partial charge in [0.05, 0.1) is 5.69 Å². The summed E-state index contributed by atoms with van der Waals surface area (Å²) >= 11 is 0. The molecule has 1 aliphatic rings. The molecule has 0 spiro atoms. The number of aromatic nitrogens is 1. The molecule has 4 heteroatoms. The largest absolute Gasteiger partial charge is 0.394 e. The summed E-state index contributed by atoms with van der Waals surface area (Å²) in [7, 11) is 2.10. The van der Waals surface area contributed by atoms with Crippen LogP contribution >= 0.6 is 0 Å². The van der Waals surface area contributed by atoms with Gasteiger partial charge in [0.2, 0.25) is 0 Å². The van der Waals surface area contributed by atoms with E-state index in [0.717, 1.165) is 38.9 Å². The zero-order valence-electron chi connectivity index (χ0n) is 10.7. The second-order valence-corrected chi connectivity index (χ2v) is 4.87. The van der Waals surface area contributed by atoms with Gasteiger partial charge in [-0.1, -0.05) is 13.3 Å². The molecular weight excluding hydrogens is 214 g/mol. The highest BCUT2D eigenvalue weighted by Crippen LogP contribution is 2.18. The topological polar surface area (TPSA) is 51.3 Å². The van der Waals surface area contributed by atoms with Crippen LogP contribution in [0.2, 0.25) is 0 Å². The number of nitrogen functional groups attached to an aromatic ring is 1. The van der Waals surface area contributed by atoms with Crippen molar-refractivity contribution in [3.8, 4) is 0 Å². The third-order valence-corrected chi connectivity index (χ3v) is 3.42. The van der Waals surface area contributed by atoms with Gasteiger partial charge in [-0.05, 0) is 25.1 Å². The zero-order chi connectivity index (χ0) is 12.4. The number of unbranched alkanes of at least 4 members (excludes halogenated alkanes) is 1. The van der Waals surface area contributed by atoms with E-state index in [2.05, 4.69) is 18.9 Å². The Kier molecular flexibility index (Phi) is 3.52. The first-order valence-corrected chi connectivity index (χ1v) is 6.33. The number of pyridine rings is 1. The van der Waals surface area contributed by atoms with Crippen molar-refractivity contribution >= 4 is 5.69 Å². The summed E-state index contributed by atoms with van der Waals surface area (Å²) in [6, 6.07) is 1.86. The third-order valence-electron chi connectivity index (χ3n) is 3.42. The van der Waals surface area contributed by atoms with Gasteiger partial charge in [0.1, 0.15) is 0 Å². The van der Waals surface area contributed by atoms with E-state index >= 15 is 0 Å². The van der Waals surface area contributed by atoms with Crippen LogP contribution in [0, 0.1) is 0 Å². The van der Waals surface area contributed by atoms with E-state index in [9.17, 15) is 4.79 Å². The molecule has 0 radical (unpaired) electrons. The van der Waals surface area contributed by atoms with E-state index in [0.29, 0.717) is 5.69 Å². The lowest BCUT2D eigenvalue weighted by Gasteiger charge is -2.27. The fraction of sp³-hybridized carbons (Fsp3) is 0.615. The summed E-state index contributed by atoms with van der Waals surface area (Å²) in [5.74, 6) is 0. The molecule has 1 aromatic rings. The number of hydrogen-bond donors (Lipinski definition) is 1. The molecule has 1 aromatic heterocycles. The smallest absolute Gasteiger partial charge is 0.273 e. The summed E-state index contributed by atoms with van der Waals surface area (Å²) in [6.45, 7) is 4.85. The van der Waals surface area contributed by atoms with Gasteiger partial charge in [-0.15, -0.1) is 0 Å².